The maximum absolute atomic E-state index is 13.0. The highest BCUT2D eigenvalue weighted by atomic mass is 16.2. The van der Waals surface area contributed by atoms with Gasteiger partial charge in [0.2, 0.25) is 5.91 Å². The number of carbonyl (C=O) groups is 2. The lowest BCUT2D eigenvalue weighted by Crippen LogP contribution is -2.49. The number of hydrogen-bond donors (Lipinski definition) is 2. The lowest BCUT2D eigenvalue weighted by molar-refractivity contribution is -0.139. The summed E-state index contributed by atoms with van der Waals surface area (Å²) in [5.41, 5.74) is 3.29. The van der Waals surface area contributed by atoms with Crippen molar-refractivity contribution in [3.63, 3.8) is 0 Å². The van der Waals surface area contributed by atoms with Gasteiger partial charge in [0.05, 0.1) is 0 Å². The summed E-state index contributed by atoms with van der Waals surface area (Å²) in [7, 11) is 0. The van der Waals surface area contributed by atoms with Crippen LogP contribution >= 0.6 is 0 Å². The standard InChI is InChI=1S/C20H18N4O2/c1-12-17(15-10-6-7-11-16(15)21-12)18-20(26)22-19(23-24(18)13(2)25)14-8-4-3-5-9-14/h3-11,18,21H,1-2H3,(H,22,23,26). The molecular weight excluding hydrogens is 328 g/mol. The summed E-state index contributed by atoms with van der Waals surface area (Å²) in [5, 5.41) is 9.47. The first-order valence-corrected chi connectivity index (χ1v) is 8.38. The summed E-state index contributed by atoms with van der Waals surface area (Å²) < 4.78 is 0. The molecule has 26 heavy (non-hydrogen) atoms. The number of fused-ring (bicyclic) bond motifs is 1. The van der Waals surface area contributed by atoms with Crippen LogP contribution in [0.5, 0.6) is 0 Å². The Morgan fingerprint density at radius 3 is 2.50 bits per heavy atom. The fourth-order valence-corrected chi connectivity index (χ4v) is 3.37. The molecule has 0 spiro atoms. The van der Waals surface area contributed by atoms with E-state index in [1.165, 1.54) is 11.9 Å². The molecule has 6 nitrogen and oxygen atoms in total. The second-order valence-electron chi connectivity index (χ2n) is 6.28. The van der Waals surface area contributed by atoms with Crippen LogP contribution in [-0.2, 0) is 9.59 Å². The number of aromatic nitrogens is 1. The lowest BCUT2D eigenvalue weighted by atomic mass is 10.0. The van der Waals surface area contributed by atoms with Gasteiger partial charge in [-0.25, -0.2) is 5.01 Å². The highest BCUT2D eigenvalue weighted by Crippen LogP contribution is 2.33. The highest BCUT2D eigenvalue weighted by Gasteiger charge is 2.37. The Kier molecular flexibility index (Phi) is 3.80. The Morgan fingerprint density at radius 2 is 1.77 bits per heavy atom. The van der Waals surface area contributed by atoms with Crippen molar-refractivity contribution in [3.8, 4) is 0 Å². The number of benzene rings is 2. The third kappa shape index (κ3) is 2.56. The van der Waals surface area contributed by atoms with Crippen molar-refractivity contribution in [2.24, 2.45) is 5.10 Å². The van der Waals surface area contributed by atoms with Crippen LogP contribution in [0.4, 0.5) is 0 Å². The molecule has 3 aromatic rings. The Morgan fingerprint density at radius 1 is 1.08 bits per heavy atom. The van der Waals surface area contributed by atoms with Crippen molar-refractivity contribution in [2.45, 2.75) is 19.9 Å². The molecule has 130 valence electrons. The minimum atomic E-state index is -0.809. The quantitative estimate of drug-likeness (QED) is 0.748. The van der Waals surface area contributed by atoms with Crippen molar-refractivity contribution in [2.75, 3.05) is 0 Å². The Balaban J connectivity index is 1.86. The van der Waals surface area contributed by atoms with Crippen LogP contribution in [-0.4, -0.2) is 27.6 Å². The fraction of sp³-hybridized carbons (Fsp3) is 0.150. The van der Waals surface area contributed by atoms with Crippen LogP contribution < -0.4 is 5.32 Å². The van der Waals surface area contributed by atoms with Gasteiger partial charge in [0.1, 0.15) is 0 Å². The molecule has 2 aromatic carbocycles. The van der Waals surface area contributed by atoms with Gasteiger partial charge in [0.15, 0.2) is 11.9 Å². The zero-order valence-corrected chi connectivity index (χ0v) is 14.5. The number of rotatable bonds is 2. The number of carbonyl (C=O) groups excluding carboxylic acids is 2. The first kappa shape index (κ1) is 16.1. The molecule has 0 fully saturated rings. The summed E-state index contributed by atoms with van der Waals surface area (Å²) >= 11 is 0. The van der Waals surface area contributed by atoms with Crippen LogP contribution in [0.2, 0.25) is 0 Å². The number of nitrogens with one attached hydrogen (secondary N) is 2. The minimum absolute atomic E-state index is 0.276. The largest absolute Gasteiger partial charge is 0.358 e. The van der Waals surface area contributed by atoms with E-state index >= 15 is 0 Å². The predicted octanol–water partition coefficient (Wildman–Crippen LogP) is 2.86. The number of para-hydroxylation sites is 1. The molecule has 6 heteroatoms. The molecule has 0 saturated heterocycles. The van der Waals surface area contributed by atoms with Gasteiger partial charge in [0, 0.05) is 34.6 Å². The average molecular weight is 346 g/mol. The molecule has 2 amide bonds. The van der Waals surface area contributed by atoms with E-state index in [-0.39, 0.29) is 11.8 Å². The number of hydrogen-bond acceptors (Lipinski definition) is 3. The molecule has 0 aliphatic carbocycles. The highest BCUT2D eigenvalue weighted by molar-refractivity contribution is 6.12. The number of aryl methyl sites for hydroxylation is 1. The topological polar surface area (TPSA) is 77.6 Å². The SMILES string of the molecule is CC(=O)N1N=C(c2ccccc2)NC(=O)C1c1c(C)[nH]c2ccccc12. The van der Waals surface area contributed by atoms with E-state index in [1.54, 1.807) is 0 Å². The number of hydrazone groups is 1. The summed E-state index contributed by atoms with van der Waals surface area (Å²) in [5.74, 6) is -0.190. The van der Waals surface area contributed by atoms with Crippen molar-refractivity contribution < 1.29 is 9.59 Å². The number of amides is 2. The van der Waals surface area contributed by atoms with E-state index in [0.717, 1.165) is 27.7 Å². The van der Waals surface area contributed by atoms with Crippen LogP contribution in [0.3, 0.4) is 0 Å². The van der Waals surface area contributed by atoms with Gasteiger partial charge in [-0.15, -0.1) is 0 Å². The van der Waals surface area contributed by atoms with Crippen molar-refractivity contribution in [1.29, 1.82) is 0 Å². The van der Waals surface area contributed by atoms with Gasteiger partial charge in [-0.1, -0.05) is 48.5 Å². The van der Waals surface area contributed by atoms with Crippen molar-refractivity contribution >= 4 is 28.6 Å². The Bertz CT molecular complexity index is 1040. The van der Waals surface area contributed by atoms with Gasteiger partial charge in [-0.05, 0) is 13.0 Å². The molecule has 1 atom stereocenters. The Labute approximate surface area is 150 Å². The van der Waals surface area contributed by atoms with E-state index in [1.807, 2.05) is 61.5 Å². The zero-order chi connectivity index (χ0) is 18.3. The van der Waals surface area contributed by atoms with E-state index in [9.17, 15) is 9.59 Å². The first-order valence-electron chi connectivity index (χ1n) is 8.38. The Hall–Kier alpha value is -3.41. The summed E-state index contributed by atoms with van der Waals surface area (Å²) in [6, 6.07) is 16.2. The van der Waals surface area contributed by atoms with Crippen molar-refractivity contribution in [3.05, 3.63) is 71.4 Å². The lowest BCUT2D eigenvalue weighted by Gasteiger charge is -2.31. The van der Waals surface area contributed by atoms with Crippen molar-refractivity contribution in [1.82, 2.24) is 15.3 Å². The van der Waals surface area contributed by atoms with Crippen LogP contribution in [0.25, 0.3) is 10.9 Å². The van der Waals surface area contributed by atoms with Gasteiger partial charge in [-0.2, -0.15) is 5.10 Å². The third-order valence-corrected chi connectivity index (χ3v) is 4.53. The molecule has 4 rings (SSSR count). The van der Waals surface area contributed by atoms with Crippen LogP contribution in [0.15, 0.2) is 59.7 Å². The number of H-pyrrole nitrogens is 1. The second-order valence-corrected chi connectivity index (χ2v) is 6.28. The van der Waals surface area contributed by atoms with Gasteiger partial charge >= 0.3 is 0 Å². The molecule has 1 aliphatic heterocycles. The first-order chi connectivity index (χ1) is 12.6. The normalized spacial score (nSPS) is 17.2. The van der Waals surface area contributed by atoms with Gasteiger partial charge in [0.25, 0.3) is 5.91 Å². The van der Waals surface area contributed by atoms with E-state index in [2.05, 4.69) is 15.4 Å². The van der Waals surface area contributed by atoms with Gasteiger partial charge in [-0.3, -0.25) is 9.59 Å². The second kappa shape index (κ2) is 6.15. The van der Waals surface area contributed by atoms with Gasteiger partial charge < -0.3 is 10.3 Å². The maximum atomic E-state index is 13.0. The summed E-state index contributed by atoms with van der Waals surface area (Å²) in [6.45, 7) is 3.32. The summed E-state index contributed by atoms with van der Waals surface area (Å²) in [4.78, 5) is 28.6. The molecular formula is C20H18N4O2. The van der Waals surface area contributed by atoms with E-state index < -0.39 is 6.04 Å². The third-order valence-electron chi connectivity index (χ3n) is 4.53. The maximum Gasteiger partial charge on any atom is 0.255 e. The minimum Gasteiger partial charge on any atom is -0.358 e. The monoisotopic (exact) mass is 346 g/mol. The van der Waals surface area contributed by atoms with E-state index in [4.69, 9.17) is 0 Å². The van der Waals surface area contributed by atoms with E-state index in [0.29, 0.717) is 5.84 Å². The van der Waals surface area contributed by atoms with Crippen LogP contribution in [0.1, 0.15) is 29.8 Å². The zero-order valence-electron chi connectivity index (χ0n) is 14.5. The average Bonchev–Trinajstić information content (AvgIpc) is 2.97. The molecule has 1 aromatic heterocycles. The molecule has 1 aliphatic rings. The number of aromatic amines is 1. The molecule has 0 bridgehead atoms. The molecule has 2 N–H and O–H groups in total. The fourth-order valence-electron chi connectivity index (χ4n) is 3.37. The number of nitrogens with zero attached hydrogens (tertiary/aromatic N) is 2. The molecule has 0 saturated carbocycles. The number of amidine groups is 1. The smallest absolute Gasteiger partial charge is 0.255 e. The predicted molar refractivity (Wildman–Crippen MR) is 99.4 cm³/mol. The molecule has 2 heterocycles. The molecule has 0 radical (unpaired) electrons. The van der Waals surface area contributed by atoms with Crippen LogP contribution in [0, 0.1) is 6.92 Å². The summed E-state index contributed by atoms with van der Waals surface area (Å²) in [6.07, 6.45) is 0. The molecule has 1 unspecified atom stereocenters.